The summed E-state index contributed by atoms with van der Waals surface area (Å²) in [4.78, 5) is 0. The number of benzene rings is 1. The summed E-state index contributed by atoms with van der Waals surface area (Å²) in [6.07, 6.45) is 0.983. The van der Waals surface area contributed by atoms with Crippen LogP contribution in [0, 0.1) is 5.92 Å². The molecule has 0 saturated heterocycles. The van der Waals surface area contributed by atoms with Gasteiger partial charge in [0.1, 0.15) is 0 Å². The zero-order chi connectivity index (χ0) is 11.3. The van der Waals surface area contributed by atoms with E-state index in [4.69, 9.17) is 11.6 Å². The predicted octanol–water partition coefficient (Wildman–Crippen LogP) is 0.969. The fourth-order valence-corrected chi connectivity index (χ4v) is 1.52. The van der Waals surface area contributed by atoms with Crippen LogP contribution < -0.4 is 17.1 Å². The summed E-state index contributed by atoms with van der Waals surface area (Å²) in [5.41, 5.74) is 10.1. The summed E-state index contributed by atoms with van der Waals surface area (Å²) >= 11 is 0. The van der Waals surface area contributed by atoms with Crippen LogP contribution in [0.2, 0.25) is 0 Å². The molecule has 4 heteroatoms. The van der Waals surface area contributed by atoms with Gasteiger partial charge in [0.25, 0.3) is 0 Å². The Morgan fingerprint density at radius 1 is 1.40 bits per heavy atom. The van der Waals surface area contributed by atoms with Crippen molar-refractivity contribution >= 4 is 5.84 Å². The quantitative estimate of drug-likeness (QED) is 0.297. The molecule has 0 radical (unpaired) electrons. The summed E-state index contributed by atoms with van der Waals surface area (Å²) in [6, 6.07) is 7.96. The highest BCUT2D eigenvalue weighted by molar-refractivity contribution is 5.98. The fraction of sp³-hybridized carbons (Fsp3) is 0.364. The third kappa shape index (κ3) is 3.25. The number of rotatable bonds is 4. The van der Waals surface area contributed by atoms with Gasteiger partial charge in [0.05, 0.1) is 0 Å². The fourth-order valence-electron chi connectivity index (χ4n) is 1.52. The third-order valence-corrected chi connectivity index (χ3v) is 2.11. The van der Waals surface area contributed by atoms with Crippen molar-refractivity contribution in [1.82, 2.24) is 5.53 Å². The number of hydrogen-bond acceptors (Lipinski definition) is 3. The Bertz CT molecular complexity index is 344. The van der Waals surface area contributed by atoms with Crippen molar-refractivity contribution in [3.8, 4) is 0 Å². The number of hydrazine groups is 1. The standard InChI is InChI=1S/C11H18N4/c1-8(2)7-9-5-3-4-6-10(9)11(12)14-15-13/h3-6,8,15H,7,13H2,1-2H3,(H2,12,14). The summed E-state index contributed by atoms with van der Waals surface area (Å²) < 4.78 is 0. The largest absolute Gasteiger partial charge is 0.382 e. The van der Waals surface area contributed by atoms with E-state index in [9.17, 15) is 0 Å². The maximum atomic E-state index is 5.79. The molecule has 1 rings (SSSR count). The monoisotopic (exact) mass is 206 g/mol. The van der Waals surface area contributed by atoms with Crippen LogP contribution in [0.1, 0.15) is 25.0 Å². The highest BCUT2D eigenvalue weighted by Crippen LogP contribution is 2.13. The number of hydrogen-bond donors (Lipinski definition) is 3. The van der Waals surface area contributed by atoms with Crippen molar-refractivity contribution < 1.29 is 0 Å². The predicted molar refractivity (Wildman–Crippen MR) is 63.0 cm³/mol. The van der Waals surface area contributed by atoms with Gasteiger partial charge in [-0.05, 0) is 17.9 Å². The first-order valence-corrected chi connectivity index (χ1v) is 5.02. The van der Waals surface area contributed by atoms with E-state index in [-0.39, 0.29) is 0 Å². The number of nitrogens with zero attached hydrogens (tertiary/aromatic N) is 1. The van der Waals surface area contributed by atoms with E-state index in [1.165, 1.54) is 5.56 Å². The molecule has 0 saturated carbocycles. The first-order chi connectivity index (χ1) is 7.15. The average molecular weight is 206 g/mol. The Hall–Kier alpha value is -1.55. The molecule has 0 bridgehead atoms. The molecule has 5 N–H and O–H groups in total. The normalized spacial score (nSPS) is 11.9. The zero-order valence-electron chi connectivity index (χ0n) is 9.20. The molecule has 82 valence electrons. The van der Waals surface area contributed by atoms with Crippen LogP contribution in [-0.4, -0.2) is 5.84 Å². The zero-order valence-corrected chi connectivity index (χ0v) is 9.20. The van der Waals surface area contributed by atoms with E-state index >= 15 is 0 Å². The van der Waals surface area contributed by atoms with Crippen molar-refractivity contribution in [2.24, 2.45) is 22.6 Å². The first-order valence-electron chi connectivity index (χ1n) is 5.02. The van der Waals surface area contributed by atoms with Crippen molar-refractivity contribution in [1.29, 1.82) is 0 Å². The Balaban J connectivity index is 3.00. The first kappa shape index (κ1) is 11.5. The molecule has 1 aromatic carbocycles. The maximum Gasteiger partial charge on any atom is 0.152 e. The van der Waals surface area contributed by atoms with E-state index in [1.807, 2.05) is 18.2 Å². The summed E-state index contributed by atoms with van der Waals surface area (Å²) in [7, 11) is 0. The second kappa shape index (κ2) is 5.36. The van der Waals surface area contributed by atoms with Crippen LogP contribution in [0.5, 0.6) is 0 Å². The van der Waals surface area contributed by atoms with Crippen LogP contribution in [0.15, 0.2) is 29.4 Å². The number of hydrazone groups is 1. The second-order valence-electron chi connectivity index (χ2n) is 3.88. The van der Waals surface area contributed by atoms with Crippen LogP contribution in [0.4, 0.5) is 0 Å². The number of amidine groups is 1. The highest BCUT2D eigenvalue weighted by Gasteiger charge is 2.06. The minimum absolute atomic E-state index is 0.425. The van der Waals surface area contributed by atoms with Gasteiger partial charge in [0.15, 0.2) is 5.84 Å². The van der Waals surface area contributed by atoms with Gasteiger partial charge in [0, 0.05) is 5.56 Å². The van der Waals surface area contributed by atoms with E-state index in [1.54, 1.807) is 0 Å². The molecular formula is C11H18N4. The molecular weight excluding hydrogens is 188 g/mol. The molecule has 0 aliphatic carbocycles. The Morgan fingerprint density at radius 2 is 2.07 bits per heavy atom. The Kier molecular flexibility index (Phi) is 4.12. The number of nitrogens with one attached hydrogen (secondary N) is 1. The van der Waals surface area contributed by atoms with Gasteiger partial charge in [0.2, 0.25) is 0 Å². The van der Waals surface area contributed by atoms with Gasteiger partial charge in [-0.25, -0.2) is 11.4 Å². The lowest BCUT2D eigenvalue weighted by Gasteiger charge is -2.10. The van der Waals surface area contributed by atoms with Crippen molar-refractivity contribution in [2.45, 2.75) is 20.3 Å². The molecule has 0 spiro atoms. The molecule has 0 heterocycles. The minimum atomic E-state index is 0.425. The molecule has 4 nitrogen and oxygen atoms in total. The summed E-state index contributed by atoms with van der Waals surface area (Å²) in [5, 5.41) is 3.78. The van der Waals surface area contributed by atoms with E-state index in [0.717, 1.165) is 12.0 Å². The van der Waals surface area contributed by atoms with Crippen molar-refractivity contribution in [2.75, 3.05) is 0 Å². The van der Waals surface area contributed by atoms with E-state index < -0.39 is 0 Å². The van der Waals surface area contributed by atoms with Gasteiger partial charge >= 0.3 is 0 Å². The van der Waals surface area contributed by atoms with Crippen LogP contribution in [0.3, 0.4) is 0 Å². The molecule has 15 heavy (non-hydrogen) atoms. The average Bonchev–Trinajstić information content (AvgIpc) is 2.18. The maximum absolute atomic E-state index is 5.79. The van der Waals surface area contributed by atoms with Gasteiger partial charge < -0.3 is 5.73 Å². The molecule has 0 unspecified atom stereocenters. The minimum Gasteiger partial charge on any atom is -0.382 e. The van der Waals surface area contributed by atoms with Crippen molar-refractivity contribution in [3.05, 3.63) is 35.4 Å². The van der Waals surface area contributed by atoms with Gasteiger partial charge in [-0.3, -0.25) is 0 Å². The Morgan fingerprint density at radius 3 is 2.67 bits per heavy atom. The summed E-state index contributed by atoms with van der Waals surface area (Å²) in [6.45, 7) is 4.34. The lowest BCUT2D eigenvalue weighted by molar-refractivity contribution is 0.646. The lowest BCUT2D eigenvalue weighted by atomic mass is 9.97. The summed E-state index contributed by atoms with van der Waals surface area (Å²) in [5.74, 6) is 6.11. The second-order valence-corrected chi connectivity index (χ2v) is 3.88. The van der Waals surface area contributed by atoms with Crippen molar-refractivity contribution in [3.63, 3.8) is 0 Å². The molecule has 0 aliphatic rings. The lowest BCUT2D eigenvalue weighted by Crippen LogP contribution is -2.24. The van der Waals surface area contributed by atoms with Gasteiger partial charge in [-0.1, -0.05) is 38.1 Å². The molecule has 0 aliphatic heterocycles. The van der Waals surface area contributed by atoms with Crippen LogP contribution >= 0.6 is 0 Å². The Labute approximate surface area is 90.3 Å². The topological polar surface area (TPSA) is 76.4 Å². The van der Waals surface area contributed by atoms with E-state index in [2.05, 4.69) is 30.6 Å². The SMILES string of the molecule is CC(C)Cc1ccccc1/C(N)=N/NN. The molecule has 0 atom stereocenters. The smallest absolute Gasteiger partial charge is 0.152 e. The van der Waals surface area contributed by atoms with Crippen LogP contribution in [-0.2, 0) is 6.42 Å². The van der Waals surface area contributed by atoms with Gasteiger partial charge in [-0.2, -0.15) is 0 Å². The molecule has 0 fully saturated rings. The van der Waals surface area contributed by atoms with E-state index in [0.29, 0.717) is 11.8 Å². The molecule has 1 aromatic rings. The van der Waals surface area contributed by atoms with Crippen LogP contribution in [0.25, 0.3) is 0 Å². The van der Waals surface area contributed by atoms with Gasteiger partial charge in [-0.15, -0.1) is 5.10 Å². The molecule has 0 amide bonds. The molecule has 0 aromatic heterocycles. The third-order valence-electron chi connectivity index (χ3n) is 2.11. The highest BCUT2D eigenvalue weighted by atomic mass is 15.5. The number of nitrogens with two attached hydrogens (primary N) is 2.